The van der Waals surface area contributed by atoms with E-state index in [4.69, 9.17) is 0 Å². The number of benzene rings is 2. The van der Waals surface area contributed by atoms with Crippen LogP contribution in [-0.4, -0.2) is 26.2 Å². The predicted molar refractivity (Wildman–Crippen MR) is 112 cm³/mol. The third-order valence-corrected chi connectivity index (χ3v) is 5.13. The van der Waals surface area contributed by atoms with E-state index >= 15 is 0 Å². The Kier molecular flexibility index (Phi) is 4.80. The van der Waals surface area contributed by atoms with Crippen LogP contribution in [0.2, 0.25) is 0 Å². The molecule has 29 heavy (non-hydrogen) atoms. The topological polar surface area (TPSA) is 99.8 Å². The van der Waals surface area contributed by atoms with Gasteiger partial charge in [-0.3, -0.25) is 9.59 Å². The number of carbonyl (C=O) groups is 2. The zero-order valence-corrected chi connectivity index (χ0v) is 16.3. The number of Topliss-reactive ketones (excluding diaryl/α,β-unsaturated/α-hetero) is 1. The van der Waals surface area contributed by atoms with E-state index in [1.165, 1.54) is 0 Å². The smallest absolute Gasteiger partial charge is 0.323 e. The number of aromatic amines is 2. The van der Waals surface area contributed by atoms with Gasteiger partial charge in [0.15, 0.2) is 5.78 Å². The molecule has 2 aromatic heterocycles. The number of rotatable bonds is 6. The van der Waals surface area contributed by atoms with Crippen molar-refractivity contribution in [3.8, 4) is 0 Å². The molecule has 3 N–H and O–H groups in total. The van der Waals surface area contributed by atoms with Crippen LogP contribution in [0, 0.1) is 0 Å². The summed E-state index contributed by atoms with van der Waals surface area (Å²) in [7, 11) is 0. The number of imidazole rings is 1. The van der Waals surface area contributed by atoms with Gasteiger partial charge in [-0.2, -0.15) is 0 Å². The van der Waals surface area contributed by atoms with Gasteiger partial charge in [0.1, 0.15) is 6.54 Å². The molecule has 0 aliphatic heterocycles. The molecule has 7 heteroatoms. The maximum atomic E-state index is 12.6. The molecule has 2 aromatic carbocycles. The van der Waals surface area contributed by atoms with Gasteiger partial charge in [-0.15, -0.1) is 0 Å². The molecule has 0 unspecified atom stereocenters. The minimum atomic E-state index is -0.256. The first-order valence-corrected chi connectivity index (χ1v) is 9.55. The molecule has 0 atom stereocenters. The van der Waals surface area contributed by atoms with E-state index in [0.29, 0.717) is 17.6 Å². The van der Waals surface area contributed by atoms with Gasteiger partial charge in [-0.25, -0.2) is 4.79 Å². The Bertz CT molecular complexity index is 1290. The standard InChI is InChI=1S/C22H22N4O3/c1-3-15-5-4-6-16-17(13(2)27)11-26(21(15)16)12-20(28)23-10-14-7-8-18-19(9-14)25-22(29)24-18/h4-9,11H,3,10,12H2,1-2H3,(H,23,28)(H2,24,25,29). The lowest BCUT2D eigenvalue weighted by molar-refractivity contribution is -0.121. The van der Waals surface area contributed by atoms with E-state index in [0.717, 1.165) is 34.0 Å². The van der Waals surface area contributed by atoms with Crippen molar-refractivity contribution < 1.29 is 9.59 Å². The van der Waals surface area contributed by atoms with Gasteiger partial charge in [0.25, 0.3) is 0 Å². The number of nitrogens with one attached hydrogen (secondary N) is 3. The number of ketones is 1. The van der Waals surface area contributed by atoms with Crippen LogP contribution in [0.4, 0.5) is 0 Å². The molecule has 1 amide bonds. The molecule has 4 rings (SSSR count). The summed E-state index contributed by atoms with van der Waals surface area (Å²) in [4.78, 5) is 41.4. The Balaban J connectivity index is 1.55. The van der Waals surface area contributed by atoms with E-state index in [1.54, 1.807) is 19.2 Å². The summed E-state index contributed by atoms with van der Waals surface area (Å²) in [6.07, 6.45) is 2.58. The first-order valence-electron chi connectivity index (χ1n) is 9.55. The maximum Gasteiger partial charge on any atom is 0.323 e. The molecule has 0 spiro atoms. The number of carbonyl (C=O) groups excluding carboxylic acids is 2. The number of hydrogen-bond acceptors (Lipinski definition) is 3. The predicted octanol–water partition coefficient (Wildman–Crippen LogP) is 2.89. The largest absolute Gasteiger partial charge is 0.350 e. The molecule has 0 bridgehead atoms. The fourth-order valence-corrected chi connectivity index (χ4v) is 3.73. The fraction of sp³-hybridized carbons (Fsp3) is 0.227. The highest BCUT2D eigenvalue weighted by Gasteiger charge is 2.16. The van der Waals surface area contributed by atoms with E-state index in [1.807, 2.05) is 34.9 Å². The van der Waals surface area contributed by atoms with E-state index in [9.17, 15) is 14.4 Å². The van der Waals surface area contributed by atoms with Crippen LogP contribution in [0.3, 0.4) is 0 Å². The second-order valence-corrected chi connectivity index (χ2v) is 7.13. The Morgan fingerprint density at radius 1 is 1.10 bits per heavy atom. The lowest BCUT2D eigenvalue weighted by Crippen LogP contribution is -2.27. The normalized spacial score (nSPS) is 11.2. The average Bonchev–Trinajstić information content (AvgIpc) is 3.25. The van der Waals surface area contributed by atoms with Gasteiger partial charge < -0.3 is 19.9 Å². The summed E-state index contributed by atoms with van der Waals surface area (Å²) in [5, 5.41) is 3.79. The summed E-state index contributed by atoms with van der Waals surface area (Å²) in [6, 6.07) is 11.4. The number of fused-ring (bicyclic) bond motifs is 2. The average molecular weight is 390 g/mol. The second kappa shape index (κ2) is 7.43. The number of H-pyrrole nitrogens is 2. The fourth-order valence-electron chi connectivity index (χ4n) is 3.73. The molecule has 0 fully saturated rings. The molecule has 2 heterocycles. The number of aromatic nitrogens is 3. The highest BCUT2D eigenvalue weighted by atomic mass is 16.2. The van der Waals surface area contributed by atoms with Crippen molar-refractivity contribution in [1.82, 2.24) is 19.9 Å². The van der Waals surface area contributed by atoms with Crippen molar-refractivity contribution in [2.45, 2.75) is 33.4 Å². The van der Waals surface area contributed by atoms with Gasteiger partial charge in [0.2, 0.25) is 5.91 Å². The summed E-state index contributed by atoms with van der Waals surface area (Å²) in [5.74, 6) is -0.165. The molecule has 148 valence electrons. The molecule has 0 aliphatic rings. The van der Waals surface area contributed by atoms with Gasteiger partial charge in [0, 0.05) is 23.7 Å². The lowest BCUT2D eigenvalue weighted by Gasteiger charge is -2.10. The van der Waals surface area contributed by atoms with Gasteiger partial charge in [-0.05, 0) is 36.6 Å². The minimum Gasteiger partial charge on any atom is -0.350 e. The lowest BCUT2D eigenvalue weighted by atomic mass is 10.1. The van der Waals surface area contributed by atoms with Crippen LogP contribution in [-0.2, 0) is 24.3 Å². The third kappa shape index (κ3) is 3.59. The molecule has 7 nitrogen and oxygen atoms in total. The number of aryl methyl sites for hydroxylation is 1. The van der Waals surface area contributed by atoms with Gasteiger partial charge in [-0.1, -0.05) is 31.2 Å². The molecule has 0 saturated heterocycles. The maximum absolute atomic E-state index is 12.6. The molecular weight excluding hydrogens is 368 g/mol. The molecule has 4 aromatic rings. The van der Waals surface area contributed by atoms with Crippen LogP contribution in [0.15, 0.2) is 47.4 Å². The van der Waals surface area contributed by atoms with Crippen molar-refractivity contribution in [3.63, 3.8) is 0 Å². The molecular formula is C22H22N4O3. The highest BCUT2D eigenvalue weighted by Crippen LogP contribution is 2.26. The highest BCUT2D eigenvalue weighted by molar-refractivity contribution is 6.07. The van der Waals surface area contributed by atoms with E-state index in [2.05, 4.69) is 22.2 Å². The quantitative estimate of drug-likeness (QED) is 0.441. The molecule has 0 radical (unpaired) electrons. The van der Waals surface area contributed by atoms with Crippen molar-refractivity contribution in [3.05, 3.63) is 69.8 Å². The van der Waals surface area contributed by atoms with Crippen LogP contribution >= 0.6 is 0 Å². The van der Waals surface area contributed by atoms with Crippen molar-refractivity contribution in [2.24, 2.45) is 0 Å². The zero-order valence-electron chi connectivity index (χ0n) is 16.3. The number of para-hydroxylation sites is 1. The molecule has 0 saturated carbocycles. The minimum absolute atomic E-state index is 0.0174. The summed E-state index contributed by atoms with van der Waals surface area (Å²) in [5.41, 5.74) is 4.73. The van der Waals surface area contributed by atoms with Crippen molar-refractivity contribution >= 4 is 33.6 Å². The Labute approximate surface area is 166 Å². The van der Waals surface area contributed by atoms with Crippen LogP contribution in [0.25, 0.3) is 21.9 Å². The Hall–Kier alpha value is -3.61. The Morgan fingerprint density at radius 3 is 2.66 bits per heavy atom. The summed E-state index contributed by atoms with van der Waals surface area (Å²) in [6.45, 7) is 4.08. The first kappa shape index (κ1) is 18.7. The monoisotopic (exact) mass is 390 g/mol. The van der Waals surface area contributed by atoms with Gasteiger partial charge >= 0.3 is 5.69 Å². The SMILES string of the molecule is CCc1cccc2c(C(C)=O)cn(CC(=O)NCc3ccc4[nH]c(=O)[nH]c4c3)c12. The number of hydrogen-bond donors (Lipinski definition) is 3. The zero-order chi connectivity index (χ0) is 20.5. The molecule has 0 aliphatic carbocycles. The number of nitrogens with zero attached hydrogens (tertiary/aromatic N) is 1. The number of amides is 1. The van der Waals surface area contributed by atoms with Crippen LogP contribution < -0.4 is 11.0 Å². The second-order valence-electron chi connectivity index (χ2n) is 7.13. The van der Waals surface area contributed by atoms with Crippen LogP contribution in [0.5, 0.6) is 0 Å². The van der Waals surface area contributed by atoms with Gasteiger partial charge in [0.05, 0.1) is 16.6 Å². The Morgan fingerprint density at radius 2 is 1.90 bits per heavy atom. The third-order valence-electron chi connectivity index (χ3n) is 5.13. The van der Waals surface area contributed by atoms with E-state index in [-0.39, 0.29) is 23.9 Å². The van der Waals surface area contributed by atoms with Crippen LogP contribution in [0.1, 0.15) is 35.3 Å². The summed E-state index contributed by atoms with van der Waals surface area (Å²) >= 11 is 0. The van der Waals surface area contributed by atoms with Crippen molar-refractivity contribution in [2.75, 3.05) is 0 Å². The van der Waals surface area contributed by atoms with E-state index < -0.39 is 0 Å². The summed E-state index contributed by atoms with van der Waals surface area (Å²) < 4.78 is 1.85. The first-order chi connectivity index (χ1) is 14.0. The van der Waals surface area contributed by atoms with Crippen molar-refractivity contribution in [1.29, 1.82) is 0 Å².